The Morgan fingerprint density at radius 2 is 1.28 bits per heavy atom. The largest absolute Gasteiger partial charge is 0.510 e. The van der Waals surface area contributed by atoms with Crippen molar-refractivity contribution in [1.82, 2.24) is 0 Å². The molecule has 0 bridgehead atoms. The van der Waals surface area contributed by atoms with Gasteiger partial charge in [0.15, 0.2) is 52.5 Å². The third-order valence-corrected chi connectivity index (χ3v) is 11.5. The monoisotopic (exact) mass is 979 g/mol. The van der Waals surface area contributed by atoms with Gasteiger partial charge in [0, 0.05) is 17.7 Å². The fourth-order valence-electron chi connectivity index (χ4n) is 7.66. The zero-order chi connectivity index (χ0) is 50.0. The van der Waals surface area contributed by atoms with Gasteiger partial charge < -0.3 is 118 Å². The average Bonchev–Trinajstić information content (AvgIpc) is 3.33. The average molecular weight is 980 g/mol. The number of fused-ring (bicyclic) bond motifs is 1. The molecule has 25 nitrogen and oxygen atoms in total. The van der Waals surface area contributed by atoms with Crippen molar-refractivity contribution >= 4 is 12.0 Å². The van der Waals surface area contributed by atoms with Gasteiger partial charge in [-0.05, 0) is 48.0 Å². The van der Waals surface area contributed by atoms with Crippen LogP contribution in [0.1, 0.15) is 5.56 Å². The fourth-order valence-corrected chi connectivity index (χ4v) is 7.66. The van der Waals surface area contributed by atoms with Crippen molar-refractivity contribution in [2.45, 2.75) is 92.1 Å². The number of phenols is 4. The summed E-state index contributed by atoms with van der Waals surface area (Å²) in [6.45, 7) is -2.38. The number of aliphatic hydroxyl groups is 9. The van der Waals surface area contributed by atoms with Crippen molar-refractivity contribution in [1.29, 1.82) is 0 Å². The number of aliphatic hydroxyl groups excluding tert-OH is 9. The molecule has 0 aromatic heterocycles. The van der Waals surface area contributed by atoms with E-state index in [0.717, 1.165) is 30.3 Å². The van der Waals surface area contributed by atoms with Crippen LogP contribution < -0.4 is 19.6 Å². The first-order valence-electron chi connectivity index (χ1n) is 20.9. The van der Waals surface area contributed by atoms with Crippen molar-refractivity contribution in [2.24, 2.45) is 0 Å². The van der Waals surface area contributed by atoms with E-state index in [1.165, 1.54) is 44.6 Å². The van der Waals surface area contributed by atoms with Crippen LogP contribution >= 0.6 is 0 Å². The first-order valence-corrected chi connectivity index (χ1v) is 20.9. The van der Waals surface area contributed by atoms with Crippen molar-refractivity contribution in [3.8, 4) is 62.9 Å². The molecule has 0 amide bonds. The number of aromatic hydroxyl groups is 4. The maximum atomic E-state index is 12.2. The second-order valence-corrected chi connectivity index (χ2v) is 16.0. The zero-order valence-electron chi connectivity index (χ0n) is 36.3. The summed E-state index contributed by atoms with van der Waals surface area (Å²) in [6, 6.07) is 9.43. The molecule has 2 aromatic carbocycles. The second kappa shape index (κ2) is 21.4. The quantitative estimate of drug-likeness (QED) is 0.0250. The molecule has 376 valence electrons. The number of ether oxygens (including phenoxy) is 9. The summed E-state index contributed by atoms with van der Waals surface area (Å²) in [4.78, 5) is 22.9. The molecule has 2 aromatic rings. The van der Waals surface area contributed by atoms with Gasteiger partial charge >= 0.3 is 5.97 Å². The van der Waals surface area contributed by atoms with Crippen LogP contribution in [0.5, 0.6) is 40.2 Å². The summed E-state index contributed by atoms with van der Waals surface area (Å²) in [5, 5.41) is 138. The van der Waals surface area contributed by atoms with Crippen molar-refractivity contribution in [3.05, 3.63) is 70.4 Å². The molecule has 5 aliphatic rings. The first-order chi connectivity index (χ1) is 32.8. The molecular weight excluding hydrogens is 928 g/mol. The molecule has 15 atom stereocenters. The number of esters is 1. The molecule has 0 unspecified atom stereocenters. The Hall–Kier alpha value is -5.88. The van der Waals surface area contributed by atoms with Crippen molar-refractivity contribution in [2.75, 3.05) is 34.0 Å². The maximum absolute atomic E-state index is 12.2. The third kappa shape index (κ3) is 10.8. The third-order valence-electron chi connectivity index (χ3n) is 11.5. The summed E-state index contributed by atoms with van der Waals surface area (Å²) in [5.41, 5.74) is -0.272. The van der Waals surface area contributed by atoms with E-state index in [-0.39, 0.29) is 45.6 Å². The molecule has 3 saturated heterocycles. The first kappa shape index (κ1) is 51.0. The molecule has 14 N–H and O–H groups in total. The Kier molecular flexibility index (Phi) is 15.8. The molecule has 0 spiro atoms. The number of phenolic OH excluding ortho intramolecular Hbond substituents is 4. The van der Waals surface area contributed by atoms with E-state index in [2.05, 4.69) is 0 Å². The Labute approximate surface area is 389 Å². The van der Waals surface area contributed by atoms with E-state index < -0.39 is 141 Å². The van der Waals surface area contributed by atoms with Crippen LogP contribution in [0.25, 0.3) is 28.7 Å². The Morgan fingerprint density at radius 3 is 1.93 bits per heavy atom. The van der Waals surface area contributed by atoms with E-state index in [1.54, 1.807) is 0 Å². The van der Waals surface area contributed by atoms with Gasteiger partial charge in [-0.3, -0.25) is 4.79 Å². The van der Waals surface area contributed by atoms with Crippen LogP contribution in [0.2, 0.25) is 0 Å². The number of methoxy groups -OCH3 is 2. The lowest BCUT2D eigenvalue weighted by atomic mass is 9.96. The number of hydrogen-bond donors (Lipinski definition) is 13. The Morgan fingerprint density at radius 1 is 0.652 bits per heavy atom. The summed E-state index contributed by atoms with van der Waals surface area (Å²) in [5.74, 6) is -3.25. The van der Waals surface area contributed by atoms with Gasteiger partial charge in [0.1, 0.15) is 84.8 Å². The molecular formula is C44H51O25+. The van der Waals surface area contributed by atoms with Gasteiger partial charge in [-0.15, -0.1) is 0 Å². The normalized spacial score (nSPS) is 31.7. The highest BCUT2D eigenvalue weighted by molar-refractivity contribution is 5.88. The van der Waals surface area contributed by atoms with Crippen LogP contribution in [0.15, 0.2) is 63.8 Å². The summed E-state index contributed by atoms with van der Waals surface area (Å²) < 4.78 is 56.2. The number of hydrogen-bond acceptors (Lipinski definition) is 24. The number of benzene rings is 3. The molecule has 25 heteroatoms. The molecule has 1 aliphatic carbocycles. The predicted molar refractivity (Wildman–Crippen MR) is 228 cm³/mol. The topological polar surface area (TPSA) is 398 Å². The van der Waals surface area contributed by atoms with Gasteiger partial charge in [-0.25, -0.2) is 0 Å². The lowest BCUT2D eigenvalue weighted by Crippen LogP contribution is -2.65. The van der Waals surface area contributed by atoms with Gasteiger partial charge in [-0.1, -0.05) is 0 Å². The Balaban J connectivity index is 1.12. The summed E-state index contributed by atoms with van der Waals surface area (Å²) in [7, 11) is 2.62. The standard InChI is InChI=1S/C44H50O25/c1-60-24-7-16(8-25(61-2)31(24)51)3-6-30(50)62-14-29-34(54)41(69-44-38(58)35(55)32(52)27(13-45)66-44)39(59)42(67-29)63-15-28-33(53)36(56)37(57)43(68-28)65-26-12-19-21(48)10-18(46)11-23(19)64-40(26)17-4-5-20(47)22(49)9-17/h3-12,27-29,32-39,41-45,47-49,51-59H,13-15H2,1-2H3/p+1/t27-,28-,29-,32-,33-,34-,35+,36+,37-,38-,39-,41+,42-,43-,44+/m1/s1. The molecule has 4 aliphatic heterocycles. The molecule has 69 heavy (non-hydrogen) atoms. The molecule has 0 saturated carbocycles. The van der Waals surface area contributed by atoms with Gasteiger partial charge in [-0.2, -0.15) is 0 Å². The van der Waals surface area contributed by atoms with Crippen LogP contribution in [-0.2, 0) is 28.4 Å². The van der Waals surface area contributed by atoms with E-state index >= 15 is 0 Å². The van der Waals surface area contributed by atoms with E-state index in [4.69, 9.17) is 47.0 Å². The smallest absolute Gasteiger partial charge is 0.507 e. The highest BCUT2D eigenvalue weighted by Crippen LogP contribution is 2.43. The molecule has 7 rings (SSSR count). The van der Waals surface area contributed by atoms with Crippen LogP contribution in [-0.4, -0.2) is 203 Å². The van der Waals surface area contributed by atoms with Crippen LogP contribution in [0, 0.1) is 0 Å². The minimum absolute atomic E-state index is 0.0485. The highest BCUT2D eigenvalue weighted by Gasteiger charge is 2.53. The number of carbonyl (C=O) groups excluding carboxylic acids is 1. The molecule has 4 heterocycles. The van der Waals surface area contributed by atoms with Crippen molar-refractivity contribution < 1.29 is 118 Å². The number of rotatable bonds is 15. The van der Waals surface area contributed by atoms with Crippen LogP contribution in [0.3, 0.4) is 0 Å². The summed E-state index contributed by atoms with van der Waals surface area (Å²) in [6.07, 6.45) is -25.5. The van der Waals surface area contributed by atoms with Gasteiger partial charge in [0.05, 0.1) is 39.1 Å². The zero-order valence-corrected chi connectivity index (χ0v) is 36.3. The lowest BCUT2D eigenvalue weighted by molar-refractivity contribution is -0.364. The van der Waals surface area contributed by atoms with Crippen molar-refractivity contribution in [3.63, 3.8) is 0 Å². The van der Waals surface area contributed by atoms with Gasteiger partial charge in [0.2, 0.25) is 18.6 Å². The minimum atomic E-state index is -2.05. The summed E-state index contributed by atoms with van der Waals surface area (Å²) >= 11 is 0. The fraction of sp³-hybridized carbons (Fsp3) is 0.455. The Bertz CT molecular complexity index is 2450. The minimum Gasteiger partial charge on any atom is -0.507 e. The maximum Gasteiger partial charge on any atom is 0.510 e. The van der Waals surface area contributed by atoms with Gasteiger partial charge in [0.25, 0.3) is 0 Å². The van der Waals surface area contributed by atoms with E-state index in [9.17, 15) is 76.0 Å². The molecule has 3 fully saturated rings. The highest BCUT2D eigenvalue weighted by atomic mass is 16.8. The van der Waals surface area contributed by atoms with Crippen LogP contribution in [0.4, 0.5) is 0 Å². The van der Waals surface area contributed by atoms with E-state index in [0.29, 0.717) is 5.56 Å². The van der Waals surface area contributed by atoms with E-state index in [1.807, 2.05) is 0 Å². The second-order valence-electron chi connectivity index (χ2n) is 16.0. The lowest BCUT2D eigenvalue weighted by Gasteiger charge is -2.46. The predicted octanol–water partition coefficient (Wildman–Crippen LogP) is -2.68. The molecule has 0 radical (unpaired) electrons. The SMILES string of the molecule is COc1cc(C=CC(=[OH+])OC[C@H]2O[C@@H](OC[C@H]3O[C@@H](Oc4cc5c(O)cc(=O)cc-5oc4-c4ccc(O)c(O)c4)[C@H](O)[C@@H](O)[C@@H]3O)[C@H](O)[C@@H](O[C@@H]3O[C@H](CO)[C@@H](O)[C@H](O)[C@H]3O)[C@@H]2O)cc(OC)c1O.